The van der Waals surface area contributed by atoms with Crippen molar-refractivity contribution < 1.29 is 17.9 Å². The molecule has 0 aromatic heterocycles. The van der Waals surface area contributed by atoms with Crippen molar-refractivity contribution in [2.24, 2.45) is 5.92 Å². The summed E-state index contributed by atoms with van der Waals surface area (Å²) in [6.45, 7) is 4.55. The van der Waals surface area contributed by atoms with Gasteiger partial charge in [-0.1, -0.05) is 30.3 Å². The zero-order valence-corrected chi connectivity index (χ0v) is 19.3. The number of rotatable bonds is 8. The standard InChI is InChI=1S/C24H32N2O4S/c1-18-17-22(11-12-23(18)30-3)31(28,29)26-15-13-21(14-16-26)24(27)25-19(2)9-10-20-7-5-4-6-8-20/h4-8,11-12,17,19,21H,9-10,13-16H2,1-3H3,(H,25,27)/t19-/m0/s1. The summed E-state index contributed by atoms with van der Waals surface area (Å²) < 4.78 is 32.7. The lowest BCUT2D eigenvalue weighted by Gasteiger charge is -2.31. The Morgan fingerprint density at radius 1 is 1.16 bits per heavy atom. The fraction of sp³-hybridized carbons (Fsp3) is 0.458. The molecule has 0 spiro atoms. The molecule has 1 atom stereocenters. The van der Waals surface area contributed by atoms with E-state index in [1.54, 1.807) is 25.3 Å². The van der Waals surface area contributed by atoms with Crippen LogP contribution in [0.2, 0.25) is 0 Å². The van der Waals surface area contributed by atoms with E-state index in [0.29, 0.717) is 31.7 Å². The van der Waals surface area contributed by atoms with E-state index in [0.717, 1.165) is 18.4 Å². The molecular formula is C24H32N2O4S. The fourth-order valence-electron chi connectivity index (χ4n) is 3.98. The van der Waals surface area contributed by atoms with Crippen LogP contribution < -0.4 is 10.1 Å². The molecule has 0 saturated carbocycles. The van der Waals surface area contributed by atoms with Gasteiger partial charge in [-0.05, 0) is 68.9 Å². The van der Waals surface area contributed by atoms with Crippen LogP contribution >= 0.6 is 0 Å². The number of carbonyl (C=O) groups excluding carboxylic acids is 1. The highest BCUT2D eigenvalue weighted by Crippen LogP contribution is 2.27. The first-order valence-corrected chi connectivity index (χ1v) is 12.2. The first kappa shape index (κ1) is 23.3. The van der Waals surface area contributed by atoms with E-state index in [4.69, 9.17) is 4.74 Å². The van der Waals surface area contributed by atoms with Crippen molar-refractivity contribution in [2.75, 3.05) is 20.2 Å². The predicted octanol–water partition coefficient (Wildman–Crippen LogP) is 3.54. The number of nitrogens with one attached hydrogen (secondary N) is 1. The Balaban J connectivity index is 1.51. The number of piperidine rings is 1. The SMILES string of the molecule is COc1ccc(S(=O)(=O)N2CCC(C(=O)N[C@@H](C)CCc3ccccc3)CC2)cc1C. The minimum absolute atomic E-state index is 0.0258. The van der Waals surface area contributed by atoms with E-state index in [9.17, 15) is 13.2 Å². The van der Waals surface area contributed by atoms with E-state index in [-0.39, 0.29) is 22.8 Å². The Morgan fingerprint density at radius 3 is 2.45 bits per heavy atom. The molecule has 0 radical (unpaired) electrons. The van der Waals surface area contributed by atoms with Gasteiger partial charge in [0.25, 0.3) is 0 Å². The summed E-state index contributed by atoms with van der Waals surface area (Å²) in [5.41, 5.74) is 2.04. The van der Waals surface area contributed by atoms with Crippen LogP contribution in [0, 0.1) is 12.8 Å². The van der Waals surface area contributed by atoms with E-state index in [1.165, 1.54) is 9.87 Å². The van der Waals surface area contributed by atoms with Gasteiger partial charge >= 0.3 is 0 Å². The van der Waals surface area contributed by atoms with Crippen LogP contribution in [0.25, 0.3) is 0 Å². The highest BCUT2D eigenvalue weighted by atomic mass is 32.2. The summed E-state index contributed by atoms with van der Waals surface area (Å²) in [7, 11) is -2.01. The number of ether oxygens (including phenoxy) is 1. The number of amides is 1. The van der Waals surface area contributed by atoms with Gasteiger partial charge in [-0.15, -0.1) is 0 Å². The molecule has 1 saturated heterocycles. The molecule has 1 heterocycles. The number of benzene rings is 2. The lowest BCUT2D eigenvalue weighted by Crippen LogP contribution is -2.44. The molecular weight excluding hydrogens is 412 g/mol. The molecule has 0 bridgehead atoms. The molecule has 2 aromatic rings. The van der Waals surface area contributed by atoms with Gasteiger partial charge in [-0.3, -0.25) is 4.79 Å². The van der Waals surface area contributed by atoms with Gasteiger partial charge in [0, 0.05) is 25.0 Å². The van der Waals surface area contributed by atoms with Crippen molar-refractivity contribution >= 4 is 15.9 Å². The van der Waals surface area contributed by atoms with E-state index >= 15 is 0 Å². The molecule has 3 rings (SSSR count). The number of carbonyl (C=O) groups is 1. The van der Waals surface area contributed by atoms with E-state index < -0.39 is 10.0 Å². The lowest BCUT2D eigenvalue weighted by atomic mass is 9.96. The Kier molecular flexibility index (Phi) is 7.73. The minimum atomic E-state index is -3.57. The number of sulfonamides is 1. The van der Waals surface area contributed by atoms with Gasteiger partial charge in [0.05, 0.1) is 12.0 Å². The average Bonchev–Trinajstić information content (AvgIpc) is 2.78. The molecule has 1 aliphatic rings. The van der Waals surface area contributed by atoms with Crippen molar-refractivity contribution in [1.82, 2.24) is 9.62 Å². The number of aryl methyl sites for hydroxylation is 2. The zero-order chi connectivity index (χ0) is 22.4. The molecule has 1 amide bonds. The largest absolute Gasteiger partial charge is 0.496 e. The van der Waals surface area contributed by atoms with Crippen molar-refractivity contribution in [1.29, 1.82) is 0 Å². The molecule has 2 aromatic carbocycles. The predicted molar refractivity (Wildman–Crippen MR) is 122 cm³/mol. The second-order valence-corrected chi connectivity index (χ2v) is 10.2. The van der Waals surface area contributed by atoms with Gasteiger partial charge in [0.15, 0.2) is 0 Å². The van der Waals surface area contributed by atoms with Crippen LogP contribution in [0.4, 0.5) is 0 Å². The third kappa shape index (κ3) is 5.86. The second-order valence-electron chi connectivity index (χ2n) is 8.24. The average molecular weight is 445 g/mol. The van der Waals surface area contributed by atoms with Crippen LogP contribution in [0.5, 0.6) is 5.75 Å². The molecule has 1 aliphatic heterocycles. The molecule has 0 aliphatic carbocycles. The van der Waals surface area contributed by atoms with Crippen LogP contribution in [0.1, 0.15) is 37.3 Å². The monoisotopic (exact) mass is 444 g/mol. The van der Waals surface area contributed by atoms with Gasteiger partial charge in [-0.25, -0.2) is 8.42 Å². The molecule has 1 fully saturated rings. The van der Waals surface area contributed by atoms with Crippen molar-refractivity contribution in [2.45, 2.75) is 50.5 Å². The maximum absolute atomic E-state index is 13.0. The van der Waals surface area contributed by atoms with Gasteiger partial charge < -0.3 is 10.1 Å². The van der Waals surface area contributed by atoms with Crippen molar-refractivity contribution in [3.05, 3.63) is 59.7 Å². The third-order valence-corrected chi connectivity index (χ3v) is 7.82. The quantitative estimate of drug-likeness (QED) is 0.676. The lowest BCUT2D eigenvalue weighted by molar-refractivity contribution is -0.126. The normalized spacial score (nSPS) is 16.6. The fourth-order valence-corrected chi connectivity index (χ4v) is 5.53. The van der Waals surface area contributed by atoms with E-state index in [2.05, 4.69) is 17.4 Å². The molecule has 7 heteroatoms. The molecule has 1 N–H and O–H groups in total. The Morgan fingerprint density at radius 2 is 1.84 bits per heavy atom. The van der Waals surface area contributed by atoms with Crippen molar-refractivity contribution in [3.8, 4) is 5.75 Å². The zero-order valence-electron chi connectivity index (χ0n) is 18.5. The number of methoxy groups -OCH3 is 1. The number of nitrogens with zero attached hydrogens (tertiary/aromatic N) is 1. The summed E-state index contributed by atoms with van der Waals surface area (Å²) >= 11 is 0. The first-order valence-electron chi connectivity index (χ1n) is 10.8. The second kappa shape index (κ2) is 10.3. The van der Waals surface area contributed by atoms with Gasteiger partial charge in [0.1, 0.15) is 5.75 Å². The topological polar surface area (TPSA) is 75.7 Å². The summed E-state index contributed by atoms with van der Waals surface area (Å²) in [6, 6.07) is 15.2. The summed E-state index contributed by atoms with van der Waals surface area (Å²) in [5.74, 6) is 0.539. The van der Waals surface area contributed by atoms with Crippen molar-refractivity contribution in [3.63, 3.8) is 0 Å². The number of hydrogen-bond acceptors (Lipinski definition) is 4. The Hall–Kier alpha value is -2.38. The highest BCUT2D eigenvalue weighted by molar-refractivity contribution is 7.89. The molecule has 31 heavy (non-hydrogen) atoms. The maximum atomic E-state index is 13.0. The van der Waals surface area contributed by atoms with Crippen LogP contribution in [0.15, 0.2) is 53.4 Å². The van der Waals surface area contributed by atoms with E-state index in [1.807, 2.05) is 32.0 Å². The first-order chi connectivity index (χ1) is 14.8. The third-order valence-electron chi connectivity index (χ3n) is 5.93. The van der Waals surface area contributed by atoms with Gasteiger partial charge in [-0.2, -0.15) is 4.31 Å². The molecule has 6 nitrogen and oxygen atoms in total. The minimum Gasteiger partial charge on any atom is -0.496 e. The number of hydrogen-bond donors (Lipinski definition) is 1. The van der Waals surface area contributed by atoms with Gasteiger partial charge in [0.2, 0.25) is 15.9 Å². The summed E-state index contributed by atoms with van der Waals surface area (Å²) in [6.07, 6.45) is 2.86. The Labute approximate surface area is 185 Å². The molecule has 168 valence electrons. The maximum Gasteiger partial charge on any atom is 0.243 e. The molecule has 0 unspecified atom stereocenters. The highest BCUT2D eigenvalue weighted by Gasteiger charge is 2.32. The van der Waals surface area contributed by atoms with Crippen LogP contribution in [-0.2, 0) is 21.2 Å². The van der Waals surface area contributed by atoms with Crippen LogP contribution in [-0.4, -0.2) is 44.9 Å². The van der Waals surface area contributed by atoms with Crippen LogP contribution in [0.3, 0.4) is 0 Å². The Bertz CT molecular complexity index is 984. The summed E-state index contributed by atoms with van der Waals surface area (Å²) in [5, 5.41) is 3.10. The summed E-state index contributed by atoms with van der Waals surface area (Å²) in [4.78, 5) is 12.9. The smallest absolute Gasteiger partial charge is 0.243 e.